The van der Waals surface area contributed by atoms with E-state index in [4.69, 9.17) is 4.74 Å². The smallest absolute Gasteiger partial charge is 0.336 e. The van der Waals surface area contributed by atoms with Gasteiger partial charge in [-0.1, -0.05) is 43.3 Å². The molecule has 0 aliphatic rings. The zero-order valence-electron chi connectivity index (χ0n) is 12.1. The summed E-state index contributed by atoms with van der Waals surface area (Å²) in [5, 5.41) is 6.08. The number of nitrogens with zero attached hydrogens (tertiary/aromatic N) is 3. The molecule has 0 N–H and O–H groups in total. The fraction of sp³-hybridized carbons (Fsp3) is 0.188. The Morgan fingerprint density at radius 1 is 1.23 bits per heavy atom. The van der Waals surface area contributed by atoms with Crippen LogP contribution in [-0.4, -0.2) is 27.3 Å². The third kappa shape index (κ3) is 2.92. The van der Waals surface area contributed by atoms with Gasteiger partial charge in [-0.15, -0.1) is 16.4 Å². The van der Waals surface area contributed by atoms with Crippen molar-refractivity contribution >= 4 is 17.2 Å². The van der Waals surface area contributed by atoms with E-state index in [0.717, 1.165) is 12.0 Å². The molecule has 0 aliphatic heterocycles. The van der Waals surface area contributed by atoms with E-state index in [9.17, 15) is 4.79 Å². The van der Waals surface area contributed by atoms with Crippen LogP contribution in [0.2, 0.25) is 0 Å². The second kappa shape index (κ2) is 6.53. The fourth-order valence-electron chi connectivity index (χ4n) is 1.97. The highest BCUT2D eigenvalue weighted by Crippen LogP contribution is 2.22. The number of aromatic nitrogens is 3. The predicted octanol–water partition coefficient (Wildman–Crippen LogP) is 3.48. The molecule has 0 bridgehead atoms. The summed E-state index contributed by atoms with van der Waals surface area (Å²) < 4.78 is 6.79. The Labute approximate surface area is 132 Å². The molecule has 0 unspecified atom stereocenters. The first-order valence-electron chi connectivity index (χ1n) is 7.03. The summed E-state index contributed by atoms with van der Waals surface area (Å²) in [6, 6.07) is 13.3. The van der Waals surface area contributed by atoms with Gasteiger partial charge in [0, 0.05) is 5.56 Å². The maximum absolute atomic E-state index is 12.6. The minimum Gasteiger partial charge on any atom is -0.462 e. The summed E-state index contributed by atoms with van der Waals surface area (Å²) in [5.41, 5.74) is 0.825. The Balaban J connectivity index is 2.03. The van der Waals surface area contributed by atoms with E-state index >= 15 is 0 Å². The molecule has 0 fully saturated rings. The number of carbonyl (C=O) groups is 1. The van der Waals surface area contributed by atoms with Crippen molar-refractivity contribution in [2.45, 2.75) is 13.3 Å². The summed E-state index contributed by atoms with van der Waals surface area (Å²) in [5.74, 6) is 0.290. The van der Waals surface area contributed by atoms with Crippen LogP contribution in [0.5, 0.6) is 6.01 Å². The Morgan fingerprint density at radius 2 is 2.05 bits per heavy atom. The van der Waals surface area contributed by atoms with Gasteiger partial charge in [-0.05, 0) is 17.9 Å². The van der Waals surface area contributed by atoms with Crippen LogP contribution in [-0.2, 0) is 0 Å². The molecule has 0 atom stereocenters. The van der Waals surface area contributed by atoms with Crippen molar-refractivity contribution in [1.29, 1.82) is 0 Å². The zero-order valence-corrected chi connectivity index (χ0v) is 12.9. The molecule has 0 saturated heterocycles. The van der Waals surface area contributed by atoms with Gasteiger partial charge in [0.2, 0.25) is 0 Å². The molecule has 3 rings (SSSR count). The molecule has 2 heterocycles. The van der Waals surface area contributed by atoms with E-state index < -0.39 is 0 Å². The molecule has 3 aromatic rings. The lowest BCUT2D eigenvalue weighted by Crippen LogP contribution is -2.14. The van der Waals surface area contributed by atoms with Crippen LogP contribution >= 0.6 is 11.3 Å². The lowest BCUT2D eigenvalue weighted by molar-refractivity contribution is 0.0949. The quantitative estimate of drug-likeness (QED) is 0.723. The summed E-state index contributed by atoms with van der Waals surface area (Å²) in [6.07, 6.45) is 0.855. The highest BCUT2D eigenvalue weighted by Gasteiger charge is 2.20. The largest absolute Gasteiger partial charge is 0.462 e. The molecule has 0 saturated carbocycles. The highest BCUT2D eigenvalue weighted by atomic mass is 32.1. The van der Waals surface area contributed by atoms with Crippen LogP contribution < -0.4 is 4.74 Å². The van der Waals surface area contributed by atoms with Gasteiger partial charge >= 0.3 is 6.01 Å². The molecule has 2 aromatic heterocycles. The van der Waals surface area contributed by atoms with Crippen LogP contribution in [0.25, 0.3) is 11.4 Å². The van der Waals surface area contributed by atoms with Crippen molar-refractivity contribution in [3.05, 3.63) is 52.7 Å². The molecule has 112 valence electrons. The number of hydrogen-bond acceptors (Lipinski definition) is 5. The van der Waals surface area contributed by atoms with E-state index in [-0.39, 0.29) is 11.9 Å². The zero-order chi connectivity index (χ0) is 15.4. The molecule has 22 heavy (non-hydrogen) atoms. The van der Waals surface area contributed by atoms with Crippen molar-refractivity contribution in [2.75, 3.05) is 6.61 Å². The van der Waals surface area contributed by atoms with Gasteiger partial charge in [0.05, 0.1) is 11.5 Å². The van der Waals surface area contributed by atoms with E-state index in [1.807, 2.05) is 48.7 Å². The summed E-state index contributed by atoms with van der Waals surface area (Å²) in [4.78, 5) is 17.6. The average molecular weight is 313 g/mol. The lowest BCUT2D eigenvalue weighted by Gasteiger charge is -2.02. The first-order valence-corrected chi connectivity index (χ1v) is 7.91. The van der Waals surface area contributed by atoms with Crippen molar-refractivity contribution in [3.63, 3.8) is 0 Å². The van der Waals surface area contributed by atoms with Gasteiger partial charge in [0.25, 0.3) is 5.91 Å². The molecular formula is C16H15N3O2S. The Morgan fingerprint density at radius 3 is 2.73 bits per heavy atom. The number of benzene rings is 1. The topological polar surface area (TPSA) is 57.0 Å². The molecule has 0 spiro atoms. The minimum absolute atomic E-state index is 0.201. The molecule has 5 nitrogen and oxygen atoms in total. The number of hydrogen-bond donors (Lipinski definition) is 0. The number of carbonyl (C=O) groups excluding carboxylic acids is 1. The van der Waals surface area contributed by atoms with Crippen molar-refractivity contribution in [1.82, 2.24) is 14.8 Å². The normalized spacial score (nSPS) is 10.6. The van der Waals surface area contributed by atoms with Gasteiger partial charge in [-0.25, -0.2) is 0 Å². The monoisotopic (exact) mass is 313 g/mol. The molecule has 1 aromatic carbocycles. The third-order valence-corrected chi connectivity index (χ3v) is 3.84. The molecule has 0 aliphatic carbocycles. The Kier molecular flexibility index (Phi) is 4.29. The van der Waals surface area contributed by atoms with Gasteiger partial charge in [0.15, 0.2) is 5.82 Å². The summed E-state index contributed by atoms with van der Waals surface area (Å²) in [6.45, 7) is 2.53. The maximum Gasteiger partial charge on any atom is 0.336 e. The van der Waals surface area contributed by atoms with Gasteiger partial charge in [-0.3, -0.25) is 4.79 Å². The third-order valence-electron chi connectivity index (χ3n) is 2.98. The number of ether oxygens (including phenoxy) is 1. The second-order valence-corrected chi connectivity index (χ2v) is 5.57. The fourth-order valence-corrected chi connectivity index (χ4v) is 2.62. The summed E-state index contributed by atoms with van der Waals surface area (Å²) in [7, 11) is 0. The predicted molar refractivity (Wildman–Crippen MR) is 85.3 cm³/mol. The van der Waals surface area contributed by atoms with Crippen LogP contribution in [0.1, 0.15) is 23.0 Å². The van der Waals surface area contributed by atoms with Crippen LogP contribution in [0.3, 0.4) is 0 Å². The lowest BCUT2D eigenvalue weighted by atomic mass is 10.2. The minimum atomic E-state index is -0.201. The Bertz CT molecular complexity index is 751. The van der Waals surface area contributed by atoms with E-state index in [1.165, 1.54) is 16.0 Å². The van der Waals surface area contributed by atoms with Gasteiger partial charge in [0.1, 0.15) is 0 Å². The number of thiophene rings is 1. The van der Waals surface area contributed by atoms with Crippen LogP contribution in [0.4, 0.5) is 0 Å². The maximum atomic E-state index is 12.6. The first kappa shape index (κ1) is 14.5. The van der Waals surface area contributed by atoms with Crippen molar-refractivity contribution < 1.29 is 9.53 Å². The van der Waals surface area contributed by atoms with Crippen LogP contribution in [0, 0.1) is 0 Å². The first-order chi connectivity index (χ1) is 10.8. The van der Waals surface area contributed by atoms with Crippen LogP contribution in [0.15, 0.2) is 47.8 Å². The molecule has 0 amide bonds. The second-order valence-electron chi connectivity index (χ2n) is 4.63. The summed E-state index contributed by atoms with van der Waals surface area (Å²) >= 11 is 1.38. The highest BCUT2D eigenvalue weighted by molar-refractivity contribution is 7.12. The SMILES string of the molecule is CCCOc1nc(-c2ccccc2)n(C(=O)c2cccs2)n1. The number of rotatable bonds is 5. The average Bonchev–Trinajstić information content (AvgIpc) is 3.23. The van der Waals surface area contributed by atoms with Crippen molar-refractivity contribution in [3.8, 4) is 17.4 Å². The van der Waals surface area contributed by atoms with E-state index in [2.05, 4.69) is 10.1 Å². The molecule has 6 heteroatoms. The molecule has 0 radical (unpaired) electrons. The van der Waals surface area contributed by atoms with E-state index in [0.29, 0.717) is 17.3 Å². The van der Waals surface area contributed by atoms with Gasteiger partial charge in [-0.2, -0.15) is 9.67 Å². The standard InChI is InChI=1S/C16H15N3O2S/c1-2-10-21-16-17-14(12-7-4-3-5-8-12)19(18-16)15(20)13-9-6-11-22-13/h3-9,11H,2,10H2,1H3. The Hall–Kier alpha value is -2.47. The van der Waals surface area contributed by atoms with E-state index in [1.54, 1.807) is 6.07 Å². The molecular weight excluding hydrogens is 298 g/mol. The van der Waals surface area contributed by atoms with Crippen molar-refractivity contribution in [2.24, 2.45) is 0 Å². The van der Waals surface area contributed by atoms with Gasteiger partial charge < -0.3 is 4.74 Å².